The minimum atomic E-state index is 0.201. The molecule has 1 aliphatic heterocycles. The molecule has 1 N–H and O–H groups in total. The third kappa shape index (κ3) is 5.53. The number of nitrogens with zero attached hydrogens (tertiary/aromatic N) is 1. The molecule has 1 amide bonds. The van der Waals surface area contributed by atoms with E-state index in [0.29, 0.717) is 11.9 Å². The van der Waals surface area contributed by atoms with Crippen molar-refractivity contribution in [2.75, 3.05) is 20.1 Å². The van der Waals surface area contributed by atoms with Gasteiger partial charge in [0.25, 0.3) is 0 Å². The predicted molar refractivity (Wildman–Crippen MR) is 74.1 cm³/mol. The van der Waals surface area contributed by atoms with Gasteiger partial charge in [0.2, 0.25) is 5.91 Å². The first kappa shape index (κ1) is 16.4. The molecule has 1 heterocycles. The molecule has 1 fully saturated rings. The molecule has 0 aromatic heterocycles. The molecule has 0 spiro atoms. The smallest absolute Gasteiger partial charge is 0.222 e. The van der Waals surface area contributed by atoms with Crippen molar-refractivity contribution >= 4 is 5.91 Å². The van der Waals surface area contributed by atoms with Gasteiger partial charge < -0.3 is 10.2 Å². The highest BCUT2D eigenvalue weighted by Gasteiger charge is 2.28. The van der Waals surface area contributed by atoms with Gasteiger partial charge in [-0.15, -0.1) is 0 Å². The zero-order chi connectivity index (χ0) is 13.5. The van der Waals surface area contributed by atoms with E-state index in [0.717, 1.165) is 32.4 Å². The third-order valence-electron chi connectivity index (χ3n) is 3.22. The van der Waals surface area contributed by atoms with E-state index in [9.17, 15) is 4.79 Å². The predicted octanol–water partition coefficient (Wildman–Crippen LogP) is 2.66. The Morgan fingerprint density at radius 2 is 1.88 bits per heavy atom. The summed E-state index contributed by atoms with van der Waals surface area (Å²) < 4.78 is 0. The van der Waals surface area contributed by atoms with Gasteiger partial charge in [0.15, 0.2) is 0 Å². The molecule has 1 rings (SSSR count). The molecule has 3 heteroatoms. The second-order valence-corrected chi connectivity index (χ2v) is 5.50. The second kappa shape index (κ2) is 7.70. The summed E-state index contributed by atoms with van der Waals surface area (Å²) in [5.74, 6) is 0.325. The van der Waals surface area contributed by atoms with Crippen LogP contribution in [0.3, 0.4) is 0 Å². The van der Waals surface area contributed by atoms with Crippen LogP contribution in [0, 0.1) is 5.41 Å². The third-order valence-corrected chi connectivity index (χ3v) is 3.22. The first-order valence-corrected chi connectivity index (χ1v) is 6.90. The number of piperidine rings is 1. The molecule has 0 aromatic rings. The molecular formula is C14H30N2O. The second-order valence-electron chi connectivity index (χ2n) is 5.50. The summed E-state index contributed by atoms with van der Waals surface area (Å²) in [5, 5.41) is 3.32. The number of nitrogens with one attached hydrogen (secondary N) is 1. The maximum atomic E-state index is 11.7. The fourth-order valence-electron chi connectivity index (χ4n) is 2.07. The molecule has 17 heavy (non-hydrogen) atoms. The van der Waals surface area contributed by atoms with Crippen LogP contribution in [0.25, 0.3) is 0 Å². The molecule has 1 atom stereocenters. The van der Waals surface area contributed by atoms with Crippen molar-refractivity contribution in [3.05, 3.63) is 0 Å². The van der Waals surface area contributed by atoms with Crippen LogP contribution in [0.1, 0.15) is 53.9 Å². The monoisotopic (exact) mass is 242 g/mol. The van der Waals surface area contributed by atoms with Crippen LogP contribution in [0.4, 0.5) is 0 Å². The Morgan fingerprint density at radius 3 is 2.29 bits per heavy atom. The number of hydrogen-bond acceptors (Lipinski definition) is 2. The molecule has 0 radical (unpaired) electrons. The molecule has 0 aromatic carbocycles. The first-order valence-electron chi connectivity index (χ1n) is 6.90. The summed E-state index contributed by atoms with van der Waals surface area (Å²) >= 11 is 0. The maximum Gasteiger partial charge on any atom is 0.222 e. The van der Waals surface area contributed by atoms with E-state index in [-0.39, 0.29) is 5.41 Å². The molecule has 0 saturated carbocycles. The Morgan fingerprint density at radius 1 is 1.29 bits per heavy atom. The van der Waals surface area contributed by atoms with Gasteiger partial charge in [0, 0.05) is 25.6 Å². The number of amides is 1. The summed E-state index contributed by atoms with van der Waals surface area (Å²) in [6, 6.07) is 0.375. The van der Waals surface area contributed by atoms with Crippen molar-refractivity contribution in [1.82, 2.24) is 10.2 Å². The molecule has 0 aliphatic carbocycles. The van der Waals surface area contributed by atoms with Gasteiger partial charge in [-0.05, 0) is 25.3 Å². The van der Waals surface area contributed by atoms with E-state index in [1.165, 1.54) is 0 Å². The van der Waals surface area contributed by atoms with Gasteiger partial charge in [-0.25, -0.2) is 0 Å². The average molecular weight is 242 g/mol. The van der Waals surface area contributed by atoms with Crippen LogP contribution in [0.5, 0.6) is 0 Å². The number of hydrogen-bond donors (Lipinski definition) is 1. The van der Waals surface area contributed by atoms with Gasteiger partial charge in [-0.2, -0.15) is 0 Å². The highest BCUT2D eigenvalue weighted by atomic mass is 16.2. The lowest BCUT2D eigenvalue weighted by Crippen LogP contribution is -2.50. The lowest BCUT2D eigenvalue weighted by atomic mass is 9.86. The Balaban J connectivity index is 0.00000121. The lowest BCUT2D eigenvalue weighted by molar-refractivity contribution is -0.134. The van der Waals surface area contributed by atoms with E-state index in [1.807, 2.05) is 25.8 Å². The maximum absolute atomic E-state index is 11.7. The molecule has 1 saturated heterocycles. The van der Waals surface area contributed by atoms with E-state index >= 15 is 0 Å². The largest absolute Gasteiger partial charge is 0.341 e. The van der Waals surface area contributed by atoms with Crippen molar-refractivity contribution in [2.45, 2.75) is 59.9 Å². The van der Waals surface area contributed by atoms with Gasteiger partial charge in [-0.3, -0.25) is 4.79 Å². The van der Waals surface area contributed by atoms with E-state index in [4.69, 9.17) is 0 Å². The number of likely N-dealkylation sites (tertiary alicyclic amines) is 1. The van der Waals surface area contributed by atoms with E-state index < -0.39 is 0 Å². The zero-order valence-electron chi connectivity index (χ0n) is 12.5. The Hall–Kier alpha value is -0.570. The van der Waals surface area contributed by atoms with E-state index in [2.05, 4.69) is 26.1 Å². The van der Waals surface area contributed by atoms with Crippen molar-refractivity contribution in [1.29, 1.82) is 0 Å². The minimum absolute atomic E-state index is 0.201. The topological polar surface area (TPSA) is 32.3 Å². The number of carbonyl (C=O) groups excluding carboxylic acids is 1. The fraction of sp³-hybridized carbons (Fsp3) is 0.929. The SMILES string of the molecule is CC.CNC(CN1CCCCC1=O)C(C)(C)C. The zero-order valence-corrected chi connectivity index (χ0v) is 12.5. The van der Waals surface area contributed by atoms with E-state index in [1.54, 1.807) is 0 Å². The number of rotatable bonds is 3. The molecule has 0 bridgehead atoms. The first-order chi connectivity index (χ1) is 7.95. The van der Waals surface area contributed by atoms with Crippen molar-refractivity contribution < 1.29 is 4.79 Å². The van der Waals surface area contributed by atoms with Crippen LogP contribution < -0.4 is 5.32 Å². The highest BCUT2D eigenvalue weighted by Crippen LogP contribution is 2.21. The lowest BCUT2D eigenvalue weighted by Gasteiger charge is -2.36. The molecule has 3 nitrogen and oxygen atoms in total. The van der Waals surface area contributed by atoms with Crippen LogP contribution in [-0.4, -0.2) is 37.0 Å². The van der Waals surface area contributed by atoms with Crippen LogP contribution in [0.15, 0.2) is 0 Å². The number of likely N-dealkylation sites (N-methyl/N-ethyl adjacent to an activating group) is 1. The van der Waals surface area contributed by atoms with Gasteiger partial charge in [-0.1, -0.05) is 34.6 Å². The van der Waals surface area contributed by atoms with Crippen molar-refractivity contribution in [3.63, 3.8) is 0 Å². The normalized spacial score (nSPS) is 18.5. The van der Waals surface area contributed by atoms with Gasteiger partial charge in [0.05, 0.1) is 0 Å². The van der Waals surface area contributed by atoms with Crippen LogP contribution in [0.2, 0.25) is 0 Å². The highest BCUT2D eigenvalue weighted by molar-refractivity contribution is 5.76. The van der Waals surface area contributed by atoms with Crippen molar-refractivity contribution in [3.8, 4) is 0 Å². The molecule has 1 aliphatic rings. The minimum Gasteiger partial charge on any atom is -0.341 e. The molecule has 1 unspecified atom stereocenters. The molecular weight excluding hydrogens is 212 g/mol. The molecule has 102 valence electrons. The van der Waals surface area contributed by atoms with Crippen LogP contribution in [-0.2, 0) is 4.79 Å². The van der Waals surface area contributed by atoms with Crippen LogP contribution >= 0.6 is 0 Å². The number of carbonyl (C=O) groups is 1. The summed E-state index contributed by atoms with van der Waals surface area (Å²) in [5.41, 5.74) is 0.201. The van der Waals surface area contributed by atoms with Gasteiger partial charge >= 0.3 is 0 Å². The van der Waals surface area contributed by atoms with Crippen molar-refractivity contribution in [2.24, 2.45) is 5.41 Å². The Bertz CT molecular complexity index is 221. The summed E-state index contributed by atoms with van der Waals surface area (Å²) in [6.45, 7) is 12.4. The summed E-state index contributed by atoms with van der Waals surface area (Å²) in [4.78, 5) is 13.7. The summed E-state index contributed by atoms with van der Waals surface area (Å²) in [6.07, 6.45) is 2.96. The standard InChI is InChI=1S/C12H24N2O.C2H6/c1-12(2,3)10(13-4)9-14-8-6-5-7-11(14)15;1-2/h10,13H,5-9H2,1-4H3;1-2H3. The Labute approximate surface area is 107 Å². The quantitative estimate of drug-likeness (QED) is 0.825. The fourth-order valence-corrected chi connectivity index (χ4v) is 2.07. The average Bonchev–Trinajstić information content (AvgIpc) is 2.29. The Kier molecular flexibility index (Phi) is 7.44. The summed E-state index contributed by atoms with van der Waals surface area (Å²) in [7, 11) is 1.98. The van der Waals surface area contributed by atoms with Gasteiger partial charge in [0.1, 0.15) is 0 Å².